The van der Waals surface area contributed by atoms with E-state index in [1.54, 1.807) is 6.07 Å². The van der Waals surface area contributed by atoms with Gasteiger partial charge < -0.3 is 10.6 Å². The topological polar surface area (TPSA) is 29.3 Å². The van der Waals surface area contributed by atoms with E-state index in [1.165, 1.54) is 31.7 Å². The summed E-state index contributed by atoms with van der Waals surface area (Å²) in [5.41, 5.74) is 7.48. The van der Waals surface area contributed by atoms with E-state index in [0.29, 0.717) is 6.54 Å². The Morgan fingerprint density at radius 3 is 2.83 bits per heavy atom. The van der Waals surface area contributed by atoms with Gasteiger partial charge in [-0.15, -0.1) is 0 Å². The second kappa shape index (κ2) is 6.19. The van der Waals surface area contributed by atoms with E-state index in [9.17, 15) is 4.39 Å². The van der Waals surface area contributed by atoms with Crippen molar-refractivity contribution in [1.82, 2.24) is 0 Å². The second-order valence-corrected chi connectivity index (χ2v) is 5.21. The molecule has 1 aromatic rings. The molecule has 1 aromatic carbocycles. The quantitative estimate of drug-likeness (QED) is 0.892. The number of nitrogens with two attached hydrogens (primary N) is 1. The number of hydrogen-bond donors (Lipinski definition) is 1. The van der Waals surface area contributed by atoms with Crippen LogP contribution in [0.25, 0.3) is 0 Å². The lowest BCUT2D eigenvalue weighted by Crippen LogP contribution is -2.24. The number of rotatable bonds is 3. The van der Waals surface area contributed by atoms with Gasteiger partial charge in [0.2, 0.25) is 0 Å². The van der Waals surface area contributed by atoms with Crippen LogP contribution in [-0.4, -0.2) is 13.1 Å². The number of hydrogen-bond acceptors (Lipinski definition) is 2. The maximum atomic E-state index is 13.5. The van der Waals surface area contributed by atoms with Crippen LogP contribution in [0.2, 0.25) is 0 Å². The first-order chi connectivity index (χ1) is 8.72. The van der Waals surface area contributed by atoms with Crippen molar-refractivity contribution in [2.75, 3.05) is 18.0 Å². The Balaban J connectivity index is 2.13. The van der Waals surface area contributed by atoms with E-state index in [-0.39, 0.29) is 5.82 Å². The van der Waals surface area contributed by atoms with Crippen LogP contribution in [-0.2, 0) is 6.54 Å². The van der Waals surface area contributed by atoms with Gasteiger partial charge in [-0.05, 0) is 48.9 Å². The third-order valence-electron chi connectivity index (χ3n) is 3.97. The van der Waals surface area contributed by atoms with Crippen LogP contribution in [0.5, 0.6) is 0 Å². The van der Waals surface area contributed by atoms with Crippen molar-refractivity contribution in [3.63, 3.8) is 0 Å². The second-order valence-electron chi connectivity index (χ2n) is 5.21. The molecule has 2 rings (SSSR count). The fraction of sp³-hybridized carbons (Fsp3) is 0.600. The third-order valence-corrected chi connectivity index (χ3v) is 3.97. The molecule has 0 amide bonds. The third kappa shape index (κ3) is 3.22. The summed E-state index contributed by atoms with van der Waals surface area (Å²) in [7, 11) is 0. The van der Waals surface area contributed by atoms with Crippen LogP contribution in [0.15, 0.2) is 18.2 Å². The summed E-state index contributed by atoms with van der Waals surface area (Å²) in [5, 5.41) is 0. The molecule has 1 aliphatic rings. The predicted molar refractivity (Wildman–Crippen MR) is 74.1 cm³/mol. The van der Waals surface area contributed by atoms with Crippen molar-refractivity contribution in [3.05, 3.63) is 29.6 Å². The zero-order chi connectivity index (χ0) is 13.0. The van der Waals surface area contributed by atoms with Crippen molar-refractivity contribution in [3.8, 4) is 0 Å². The highest BCUT2D eigenvalue weighted by Crippen LogP contribution is 2.25. The van der Waals surface area contributed by atoms with Gasteiger partial charge >= 0.3 is 0 Å². The van der Waals surface area contributed by atoms with Gasteiger partial charge in [0, 0.05) is 25.3 Å². The highest BCUT2D eigenvalue weighted by atomic mass is 19.1. The SMILES string of the molecule is CCC1CCCN(c2cc(F)cc(CN)c2)CC1. The van der Waals surface area contributed by atoms with Gasteiger partial charge in [-0.3, -0.25) is 0 Å². The summed E-state index contributed by atoms with van der Waals surface area (Å²) in [4.78, 5) is 2.30. The smallest absolute Gasteiger partial charge is 0.125 e. The molecule has 1 aliphatic heterocycles. The van der Waals surface area contributed by atoms with Crippen molar-refractivity contribution in [1.29, 1.82) is 0 Å². The lowest BCUT2D eigenvalue weighted by molar-refractivity contribution is 0.459. The zero-order valence-corrected chi connectivity index (χ0v) is 11.2. The molecule has 2 nitrogen and oxygen atoms in total. The van der Waals surface area contributed by atoms with E-state index >= 15 is 0 Å². The summed E-state index contributed by atoms with van der Waals surface area (Å²) in [6, 6.07) is 5.18. The normalized spacial score (nSPS) is 20.8. The largest absolute Gasteiger partial charge is 0.371 e. The standard InChI is InChI=1S/C15H23FN2/c1-2-12-4-3-6-18(7-5-12)15-9-13(11-17)8-14(16)10-15/h8-10,12H,2-7,11,17H2,1H3. The Morgan fingerprint density at radius 1 is 1.28 bits per heavy atom. The summed E-state index contributed by atoms with van der Waals surface area (Å²) in [6.45, 7) is 4.72. The Kier molecular flexibility index (Phi) is 4.59. The van der Waals surface area contributed by atoms with Gasteiger partial charge in [0.05, 0.1) is 0 Å². The average molecular weight is 250 g/mol. The molecule has 0 spiro atoms. The summed E-state index contributed by atoms with van der Waals surface area (Å²) < 4.78 is 13.5. The van der Waals surface area contributed by atoms with Gasteiger partial charge in [0.15, 0.2) is 0 Å². The van der Waals surface area contributed by atoms with Crippen molar-refractivity contribution in [2.24, 2.45) is 11.7 Å². The summed E-state index contributed by atoms with van der Waals surface area (Å²) in [6.07, 6.45) is 4.97. The van der Waals surface area contributed by atoms with Crippen LogP contribution >= 0.6 is 0 Å². The number of halogens is 1. The molecule has 0 saturated carbocycles. The molecule has 1 heterocycles. The first-order valence-corrected chi connectivity index (χ1v) is 6.97. The molecule has 1 atom stereocenters. The van der Waals surface area contributed by atoms with Crippen molar-refractivity contribution < 1.29 is 4.39 Å². The first kappa shape index (κ1) is 13.3. The lowest BCUT2D eigenvalue weighted by Gasteiger charge is -2.23. The van der Waals surface area contributed by atoms with Crippen LogP contribution < -0.4 is 10.6 Å². The predicted octanol–water partition coefficient (Wildman–Crippen LogP) is 3.30. The Bertz CT molecular complexity index is 392. The van der Waals surface area contributed by atoms with E-state index in [2.05, 4.69) is 11.8 Å². The molecule has 1 unspecified atom stereocenters. The Labute approximate surface area is 109 Å². The van der Waals surface area contributed by atoms with Crippen LogP contribution in [0.1, 0.15) is 38.2 Å². The number of benzene rings is 1. The highest BCUT2D eigenvalue weighted by molar-refractivity contribution is 5.49. The summed E-state index contributed by atoms with van der Waals surface area (Å²) in [5.74, 6) is 0.654. The maximum Gasteiger partial charge on any atom is 0.125 e. The van der Waals surface area contributed by atoms with Gasteiger partial charge in [0.25, 0.3) is 0 Å². The molecule has 0 bridgehead atoms. The Hall–Kier alpha value is -1.09. The summed E-state index contributed by atoms with van der Waals surface area (Å²) >= 11 is 0. The van der Waals surface area contributed by atoms with E-state index in [4.69, 9.17) is 5.73 Å². The van der Waals surface area contributed by atoms with Gasteiger partial charge in [-0.2, -0.15) is 0 Å². The van der Waals surface area contributed by atoms with Gasteiger partial charge in [0.1, 0.15) is 5.82 Å². The Morgan fingerprint density at radius 2 is 2.11 bits per heavy atom. The van der Waals surface area contributed by atoms with Crippen LogP contribution in [0, 0.1) is 11.7 Å². The molecule has 3 heteroatoms. The highest BCUT2D eigenvalue weighted by Gasteiger charge is 2.16. The molecule has 0 aliphatic carbocycles. The van der Waals surface area contributed by atoms with E-state index < -0.39 is 0 Å². The van der Waals surface area contributed by atoms with E-state index in [0.717, 1.165) is 30.3 Å². The number of nitrogens with zero attached hydrogens (tertiary/aromatic N) is 1. The molecule has 2 N–H and O–H groups in total. The molecule has 1 fully saturated rings. The van der Waals surface area contributed by atoms with Crippen LogP contribution in [0.4, 0.5) is 10.1 Å². The lowest BCUT2D eigenvalue weighted by atomic mass is 9.98. The average Bonchev–Trinajstić information content (AvgIpc) is 2.63. The van der Waals surface area contributed by atoms with E-state index in [1.807, 2.05) is 6.07 Å². The minimum absolute atomic E-state index is 0.177. The number of anilines is 1. The fourth-order valence-corrected chi connectivity index (χ4v) is 2.77. The maximum absolute atomic E-state index is 13.5. The van der Waals surface area contributed by atoms with Crippen molar-refractivity contribution >= 4 is 5.69 Å². The molecule has 18 heavy (non-hydrogen) atoms. The first-order valence-electron chi connectivity index (χ1n) is 6.97. The minimum Gasteiger partial charge on any atom is -0.371 e. The van der Waals surface area contributed by atoms with Gasteiger partial charge in [-0.1, -0.05) is 13.3 Å². The molecule has 0 radical (unpaired) electrons. The molecular formula is C15H23FN2. The molecular weight excluding hydrogens is 227 g/mol. The zero-order valence-electron chi connectivity index (χ0n) is 11.2. The van der Waals surface area contributed by atoms with Crippen molar-refractivity contribution in [2.45, 2.75) is 39.2 Å². The molecule has 100 valence electrons. The monoisotopic (exact) mass is 250 g/mol. The fourth-order valence-electron chi connectivity index (χ4n) is 2.77. The molecule has 1 saturated heterocycles. The minimum atomic E-state index is -0.177. The van der Waals surface area contributed by atoms with Crippen LogP contribution in [0.3, 0.4) is 0 Å². The van der Waals surface area contributed by atoms with Gasteiger partial charge in [-0.25, -0.2) is 4.39 Å². The molecule has 0 aromatic heterocycles.